The highest BCUT2D eigenvalue weighted by molar-refractivity contribution is 5.94. The van der Waals surface area contributed by atoms with E-state index in [9.17, 15) is 4.79 Å². The molecule has 1 fully saturated rings. The molecule has 3 rings (SSSR count). The molecule has 0 radical (unpaired) electrons. The minimum Gasteiger partial charge on any atom is -0.497 e. The van der Waals surface area contributed by atoms with E-state index in [2.05, 4.69) is 15.3 Å². The van der Waals surface area contributed by atoms with Crippen molar-refractivity contribution in [3.8, 4) is 11.6 Å². The number of likely N-dealkylation sites (tertiary alicyclic amines) is 1. The first-order chi connectivity index (χ1) is 12.2. The highest BCUT2D eigenvalue weighted by atomic mass is 16.5. The molecule has 0 saturated carbocycles. The SMILES string of the molecule is COc1cccc(C(=O)N2CCC(Nc3cc(OC)ncn3)CC2)c1. The smallest absolute Gasteiger partial charge is 0.253 e. The zero-order chi connectivity index (χ0) is 17.6. The number of carbonyl (C=O) groups excluding carboxylic acids is 1. The maximum Gasteiger partial charge on any atom is 0.253 e. The summed E-state index contributed by atoms with van der Waals surface area (Å²) in [5, 5.41) is 3.38. The highest BCUT2D eigenvalue weighted by Gasteiger charge is 2.24. The number of hydrogen-bond acceptors (Lipinski definition) is 6. The van der Waals surface area contributed by atoms with E-state index < -0.39 is 0 Å². The van der Waals surface area contributed by atoms with Crippen LogP contribution in [0.4, 0.5) is 5.82 Å². The Morgan fingerprint density at radius 3 is 2.68 bits per heavy atom. The van der Waals surface area contributed by atoms with Gasteiger partial charge in [-0.25, -0.2) is 9.97 Å². The lowest BCUT2D eigenvalue weighted by atomic mass is 10.0. The van der Waals surface area contributed by atoms with Crippen molar-refractivity contribution in [3.05, 3.63) is 42.2 Å². The first kappa shape index (κ1) is 17.0. The van der Waals surface area contributed by atoms with E-state index in [1.807, 2.05) is 23.1 Å². The van der Waals surface area contributed by atoms with Crippen LogP contribution in [0.2, 0.25) is 0 Å². The van der Waals surface area contributed by atoms with Crippen molar-refractivity contribution in [2.24, 2.45) is 0 Å². The van der Waals surface area contributed by atoms with Gasteiger partial charge in [0.2, 0.25) is 5.88 Å². The molecule has 0 atom stereocenters. The van der Waals surface area contributed by atoms with Crippen molar-refractivity contribution in [2.75, 3.05) is 32.6 Å². The van der Waals surface area contributed by atoms with Crippen LogP contribution >= 0.6 is 0 Å². The fraction of sp³-hybridized carbons (Fsp3) is 0.389. The fourth-order valence-electron chi connectivity index (χ4n) is 2.90. The third-order valence-corrected chi connectivity index (χ3v) is 4.30. The number of nitrogens with one attached hydrogen (secondary N) is 1. The molecule has 0 aliphatic carbocycles. The molecule has 1 aliphatic rings. The Kier molecular flexibility index (Phi) is 5.33. The number of piperidine rings is 1. The molecule has 7 nitrogen and oxygen atoms in total. The fourth-order valence-corrected chi connectivity index (χ4v) is 2.90. The summed E-state index contributed by atoms with van der Waals surface area (Å²) >= 11 is 0. The molecule has 1 aromatic heterocycles. The van der Waals surface area contributed by atoms with Crippen LogP contribution in [-0.4, -0.2) is 54.1 Å². The van der Waals surface area contributed by atoms with Gasteiger partial charge in [0.25, 0.3) is 5.91 Å². The van der Waals surface area contributed by atoms with Crippen LogP contribution in [0.5, 0.6) is 11.6 Å². The van der Waals surface area contributed by atoms with E-state index in [-0.39, 0.29) is 11.9 Å². The van der Waals surface area contributed by atoms with Crippen molar-refractivity contribution >= 4 is 11.7 Å². The van der Waals surface area contributed by atoms with Crippen molar-refractivity contribution in [1.29, 1.82) is 0 Å². The summed E-state index contributed by atoms with van der Waals surface area (Å²) < 4.78 is 10.3. The molecule has 132 valence electrons. The maximum atomic E-state index is 12.6. The summed E-state index contributed by atoms with van der Waals surface area (Å²) in [6, 6.07) is 9.32. The Morgan fingerprint density at radius 2 is 1.96 bits per heavy atom. The molecule has 7 heteroatoms. The third kappa shape index (κ3) is 4.17. The van der Waals surface area contributed by atoms with E-state index in [4.69, 9.17) is 9.47 Å². The van der Waals surface area contributed by atoms with Gasteiger partial charge in [-0.3, -0.25) is 4.79 Å². The number of amides is 1. The zero-order valence-electron chi connectivity index (χ0n) is 14.4. The Balaban J connectivity index is 1.56. The molecule has 2 aromatic rings. The van der Waals surface area contributed by atoms with Gasteiger partial charge in [0.05, 0.1) is 14.2 Å². The van der Waals surface area contributed by atoms with Gasteiger partial charge < -0.3 is 19.7 Å². The van der Waals surface area contributed by atoms with Gasteiger partial charge >= 0.3 is 0 Å². The molecule has 1 aliphatic heterocycles. The number of hydrogen-bond donors (Lipinski definition) is 1. The van der Waals surface area contributed by atoms with Crippen LogP contribution < -0.4 is 14.8 Å². The number of nitrogens with zero attached hydrogens (tertiary/aromatic N) is 3. The van der Waals surface area contributed by atoms with E-state index in [0.29, 0.717) is 30.3 Å². The van der Waals surface area contributed by atoms with E-state index in [1.165, 1.54) is 6.33 Å². The zero-order valence-corrected chi connectivity index (χ0v) is 14.4. The van der Waals surface area contributed by atoms with Crippen LogP contribution in [0.3, 0.4) is 0 Å². The van der Waals surface area contributed by atoms with Crippen molar-refractivity contribution in [2.45, 2.75) is 18.9 Å². The number of benzene rings is 1. The number of aromatic nitrogens is 2. The van der Waals surface area contributed by atoms with Gasteiger partial charge in [-0.1, -0.05) is 6.07 Å². The van der Waals surface area contributed by atoms with E-state index >= 15 is 0 Å². The molecular formula is C18H22N4O3. The maximum absolute atomic E-state index is 12.6. The number of anilines is 1. The lowest BCUT2D eigenvalue weighted by molar-refractivity contribution is 0.0718. The number of ether oxygens (including phenoxy) is 2. The highest BCUT2D eigenvalue weighted by Crippen LogP contribution is 2.20. The summed E-state index contributed by atoms with van der Waals surface area (Å²) in [6.45, 7) is 1.41. The van der Waals surface area contributed by atoms with Gasteiger partial charge in [-0.15, -0.1) is 0 Å². The standard InChI is InChI=1S/C18H22N4O3/c1-24-15-5-3-4-13(10-15)18(23)22-8-6-14(7-9-22)21-16-11-17(25-2)20-12-19-16/h3-5,10-12,14H,6-9H2,1-2H3,(H,19,20,21). The molecule has 25 heavy (non-hydrogen) atoms. The number of methoxy groups -OCH3 is 2. The van der Waals surface area contributed by atoms with Crippen LogP contribution in [-0.2, 0) is 0 Å². The molecule has 1 aromatic carbocycles. The first-order valence-electron chi connectivity index (χ1n) is 8.25. The van der Waals surface area contributed by atoms with Gasteiger partial charge in [0.1, 0.15) is 17.9 Å². The molecule has 2 heterocycles. The van der Waals surface area contributed by atoms with Gasteiger partial charge in [0, 0.05) is 30.8 Å². The summed E-state index contributed by atoms with van der Waals surface area (Å²) in [4.78, 5) is 22.7. The van der Waals surface area contributed by atoms with Crippen molar-refractivity contribution in [1.82, 2.24) is 14.9 Å². The van der Waals surface area contributed by atoms with Gasteiger partial charge in [-0.05, 0) is 31.0 Å². The molecular weight excluding hydrogens is 320 g/mol. The monoisotopic (exact) mass is 342 g/mol. The first-order valence-corrected chi connectivity index (χ1v) is 8.25. The molecule has 0 spiro atoms. The Morgan fingerprint density at radius 1 is 1.16 bits per heavy atom. The molecule has 1 N–H and O–H groups in total. The van der Waals surface area contributed by atoms with Crippen molar-refractivity contribution < 1.29 is 14.3 Å². The lowest BCUT2D eigenvalue weighted by Crippen LogP contribution is -2.42. The van der Waals surface area contributed by atoms with Gasteiger partial charge in [0.15, 0.2) is 0 Å². The third-order valence-electron chi connectivity index (χ3n) is 4.30. The van der Waals surface area contributed by atoms with Crippen LogP contribution in [0.25, 0.3) is 0 Å². The van der Waals surface area contributed by atoms with Crippen LogP contribution in [0.15, 0.2) is 36.7 Å². The normalized spacial score (nSPS) is 14.9. The topological polar surface area (TPSA) is 76.6 Å². The summed E-state index contributed by atoms with van der Waals surface area (Å²) in [5.41, 5.74) is 0.659. The second-order valence-electron chi connectivity index (χ2n) is 5.89. The molecule has 0 bridgehead atoms. The number of carbonyl (C=O) groups is 1. The van der Waals surface area contributed by atoms with Crippen LogP contribution in [0, 0.1) is 0 Å². The average Bonchev–Trinajstić information content (AvgIpc) is 2.68. The van der Waals surface area contributed by atoms with Gasteiger partial charge in [-0.2, -0.15) is 0 Å². The second-order valence-corrected chi connectivity index (χ2v) is 5.89. The quantitative estimate of drug-likeness (QED) is 0.898. The lowest BCUT2D eigenvalue weighted by Gasteiger charge is -2.32. The van der Waals surface area contributed by atoms with Crippen LogP contribution in [0.1, 0.15) is 23.2 Å². The largest absolute Gasteiger partial charge is 0.497 e. The van der Waals surface area contributed by atoms with Crippen molar-refractivity contribution in [3.63, 3.8) is 0 Å². The summed E-state index contributed by atoms with van der Waals surface area (Å²) in [6.07, 6.45) is 3.20. The molecule has 1 saturated heterocycles. The minimum atomic E-state index is 0.0426. The Hall–Kier alpha value is -2.83. The van der Waals surface area contributed by atoms with E-state index in [1.54, 1.807) is 26.4 Å². The summed E-state index contributed by atoms with van der Waals surface area (Å²) in [7, 11) is 3.18. The molecule has 1 amide bonds. The Bertz CT molecular complexity index is 730. The average molecular weight is 342 g/mol. The Labute approximate surface area is 147 Å². The van der Waals surface area contributed by atoms with E-state index in [0.717, 1.165) is 18.7 Å². The predicted molar refractivity (Wildman–Crippen MR) is 94.1 cm³/mol. The molecule has 0 unspecified atom stereocenters. The second kappa shape index (κ2) is 7.83. The summed E-state index contributed by atoms with van der Waals surface area (Å²) in [5.74, 6) is 2.01. The minimum absolute atomic E-state index is 0.0426. The number of rotatable bonds is 5. The predicted octanol–water partition coefficient (Wildman–Crippen LogP) is 2.21.